The van der Waals surface area contributed by atoms with Crippen LogP contribution in [-0.4, -0.2) is 59.3 Å². The molecule has 1 saturated heterocycles. The van der Waals surface area contributed by atoms with Gasteiger partial charge in [0.05, 0.1) is 12.3 Å². The molecule has 0 amide bonds. The minimum Gasteiger partial charge on any atom is -0.494 e. The Morgan fingerprint density at radius 1 is 1.07 bits per heavy atom. The lowest BCUT2D eigenvalue weighted by molar-refractivity contribution is -0.292. The lowest BCUT2D eigenvalue weighted by Gasteiger charge is -2.40. The van der Waals surface area contributed by atoms with Crippen LogP contribution in [0.4, 0.5) is 0 Å². The summed E-state index contributed by atoms with van der Waals surface area (Å²) in [7, 11) is 1.34. The Morgan fingerprint density at radius 2 is 1.76 bits per heavy atom. The third kappa shape index (κ3) is 4.45. The van der Waals surface area contributed by atoms with Crippen LogP contribution >= 0.6 is 11.6 Å². The van der Waals surface area contributed by atoms with Crippen LogP contribution in [0.2, 0.25) is 5.02 Å². The molecular weight excluding hydrogens is 398 g/mol. The Hall–Kier alpha value is -2.00. The van der Waals surface area contributed by atoms with E-state index in [0.29, 0.717) is 34.1 Å². The molecule has 0 spiro atoms. The molecule has 3 rings (SSSR count). The van der Waals surface area contributed by atoms with Crippen molar-refractivity contribution in [3.05, 3.63) is 64.2 Å². The first-order chi connectivity index (χ1) is 13.9. The van der Waals surface area contributed by atoms with Gasteiger partial charge in [0.1, 0.15) is 30.2 Å². The second kappa shape index (κ2) is 9.21. The molecule has 156 valence electrons. The van der Waals surface area contributed by atoms with Crippen molar-refractivity contribution in [2.75, 3.05) is 13.7 Å². The Kier molecular flexibility index (Phi) is 6.89. The summed E-state index contributed by atoms with van der Waals surface area (Å²) in [6.45, 7) is 2.45. The van der Waals surface area contributed by atoms with Gasteiger partial charge in [-0.2, -0.15) is 0 Å². The highest BCUT2D eigenvalue weighted by molar-refractivity contribution is 6.35. The summed E-state index contributed by atoms with van der Waals surface area (Å²) in [6, 6.07) is 12.0. The van der Waals surface area contributed by atoms with Gasteiger partial charge in [-0.15, -0.1) is 0 Å². The second-order valence-electron chi connectivity index (χ2n) is 6.70. The number of hydrogen-bond donors (Lipinski definition) is 4. The van der Waals surface area contributed by atoms with Gasteiger partial charge in [0.2, 0.25) is 0 Å². The van der Waals surface area contributed by atoms with E-state index in [2.05, 4.69) is 0 Å². The third-order valence-electron chi connectivity index (χ3n) is 4.84. The number of aliphatic hydroxyl groups excluding tert-OH is 3. The van der Waals surface area contributed by atoms with Crippen molar-refractivity contribution in [3.63, 3.8) is 0 Å². The number of aliphatic hydroxyl groups is 3. The number of methoxy groups -OCH3 is 1. The van der Waals surface area contributed by atoms with Crippen LogP contribution < -0.4 is 4.74 Å². The van der Waals surface area contributed by atoms with Crippen molar-refractivity contribution >= 4 is 17.3 Å². The van der Waals surface area contributed by atoms with Gasteiger partial charge < -0.3 is 29.5 Å². The highest BCUT2D eigenvalue weighted by atomic mass is 35.5. The van der Waals surface area contributed by atoms with Crippen molar-refractivity contribution in [1.29, 1.82) is 5.41 Å². The molecule has 29 heavy (non-hydrogen) atoms. The largest absolute Gasteiger partial charge is 0.494 e. The van der Waals surface area contributed by atoms with Gasteiger partial charge in [-0.1, -0.05) is 17.7 Å². The van der Waals surface area contributed by atoms with E-state index in [0.717, 1.165) is 0 Å². The molecule has 1 aliphatic rings. The maximum atomic E-state index is 10.4. The zero-order valence-corrected chi connectivity index (χ0v) is 16.8. The summed E-state index contributed by atoms with van der Waals surface area (Å²) in [5.74, 6) is 0.709. The summed E-state index contributed by atoms with van der Waals surface area (Å²) < 4.78 is 16.1. The molecule has 1 heterocycles. The average Bonchev–Trinajstić information content (AvgIpc) is 2.73. The SMILES string of the molecule is CCOc1ccc(C(=N)c2cc([C@@H]3O[C@H](OC)[C@@H](O)[C@H](O)[C@H]3O)ccc2Cl)cc1. The normalized spacial score (nSPS) is 26.9. The van der Waals surface area contributed by atoms with Gasteiger partial charge >= 0.3 is 0 Å². The maximum Gasteiger partial charge on any atom is 0.186 e. The number of benzene rings is 2. The summed E-state index contributed by atoms with van der Waals surface area (Å²) in [6.07, 6.45) is -6.24. The van der Waals surface area contributed by atoms with Crippen molar-refractivity contribution in [2.24, 2.45) is 0 Å². The van der Waals surface area contributed by atoms with E-state index in [-0.39, 0.29) is 5.71 Å². The molecule has 5 atom stereocenters. The van der Waals surface area contributed by atoms with Gasteiger partial charge in [-0.3, -0.25) is 5.41 Å². The van der Waals surface area contributed by atoms with Crippen LogP contribution in [0.15, 0.2) is 42.5 Å². The van der Waals surface area contributed by atoms with Gasteiger partial charge in [0, 0.05) is 23.3 Å². The van der Waals surface area contributed by atoms with Crippen LogP contribution in [0.1, 0.15) is 29.7 Å². The lowest BCUT2D eigenvalue weighted by Crippen LogP contribution is -2.54. The molecule has 0 radical (unpaired) electrons. The van der Waals surface area contributed by atoms with E-state index in [1.165, 1.54) is 7.11 Å². The summed E-state index contributed by atoms with van der Waals surface area (Å²) in [5, 5.41) is 39.4. The fourth-order valence-electron chi connectivity index (χ4n) is 3.27. The van der Waals surface area contributed by atoms with Crippen molar-refractivity contribution in [3.8, 4) is 5.75 Å². The molecule has 2 aromatic carbocycles. The fraction of sp³-hybridized carbons (Fsp3) is 0.381. The van der Waals surface area contributed by atoms with Gasteiger partial charge in [0.25, 0.3) is 0 Å². The number of hydrogen-bond acceptors (Lipinski definition) is 7. The minimum absolute atomic E-state index is 0.189. The second-order valence-corrected chi connectivity index (χ2v) is 7.11. The van der Waals surface area contributed by atoms with E-state index in [1.54, 1.807) is 42.5 Å². The molecule has 0 aliphatic carbocycles. The molecule has 8 heteroatoms. The maximum absolute atomic E-state index is 10.4. The van der Waals surface area contributed by atoms with Crippen molar-refractivity contribution in [2.45, 2.75) is 37.6 Å². The monoisotopic (exact) mass is 421 g/mol. The Morgan fingerprint density at radius 3 is 2.38 bits per heavy atom. The van der Waals surface area contributed by atoms with Crippen LogP contribution in [0.3, 0.4) is 0 Å². The van der Waals surface area contributed by atoms with E-state index in [4.69, 9.17) is 31.2 Å². The quantitative estimate of drug-likeness (QED) is 0.532. The molecule has 0 aromatic heterocycles. The molecule has 1 fully saturated rings. The first-order valence-corrected chi connectivity index (χ1v) is 9.59. The predicted molar refractivity (Wildman–Crippen MR) is 108 cm³/mol. The summed E-state index contributed by atoms with van der Waals surface area (Å²) >= 11 is 6.32. The molecule has 2 aromatic rings. The third-order valence-corrected chi connectivity index (χ3v) is 5.17. The highest BCUT2D eigenvalue weighted by Gasteiger charge is 2.44. The Labute approximate surface area is 173 Å². The van der Waals surface area contributed by atoms with Gasteiger partial charge in [0.15, 0.2) is 6.29 Å². The fourth-order valence-corrected chi connectivity index (χ4v) is 3.48. The lowest BCUT2D eigenvalue weighted by atomic mass is 9.91. The van der Waals surface area contributed by atoms with Crippen molar-refractivity contribution in [1.82, 2.24) is 0 Å². The zero-order valence-electron chi connectivity index (χ0n) is 16.1. The van der Waals surface area contributed by atoms with E-state index < -0.39 is 30.7 Å². The van der Waals surface area contributed by atoms with E-state index in [1.807, 2.05) is 6.92 Å². The minimum atomic E-state index is -1.44. The van der Waals surface area contributed by atoms with Gasteiger partial charge in [-0.25, -0.2) is 0 Å². The van der Waals surface area contributed by atoms with E-state index in [9.17, 15) is 15.3 Å². The van der Waals surface area contributed by atoms with Crippen LogP contribution in [-0.2, 0) is 9.47 Å². The molecule has 0 bridgehead atoms. The first kappa shape index (κ1) is 21.7. The molecule has 0 saturated carbocycles. The van der Waals surface area contributed by atoms with Crippen LogP contribution in [0.5, 0.6) is 5.75 Å². The molecule has 4 N–H and O–H groups in total. The molecular formula is C21H24ClNO6. The zero-order chi connectivity index (χ0) is 21.1. The number of nitrogens with one attached hydrogen (secondary N) is 1. The highest BCUT2D eigenvalue weighted by Crippen LogP contribution is 2.34. The predicted octanol–water partition coefficient (Wildman–Crippen LogP) is 2.28. The topological polar surface area (TPSA) is 112 Å². The Balaban J connectivity index is 1.90. The number of rotatable bonds is 6. The molecule has 7 nitrogen and oxygen atoms in total. The summed E-state index contributed by atoms with van der Waals surface area (Å²) in [5.41, 5.74) is 1.77. The van der Waals surface area contributed by atoms with Crippen LogP contribution in [0.25, 0.3) is 0 Å². The number of ether oxygens (including phenoxy) is 3. The van der Waals surface area contributed by atoms with E-state index >= 15 is 0 Å². The standard InChI is InChI=1S/C21H24ClNO6/c1-3-28-13-7-4-11(5-8-13)16(23)14-10-12(6-9-15(14)22)20-18(25)17(24)19(26)21(27-2)29-20/h4-10,17-21,23-26H,3H2,1-2H3/t17-,18-,19+,20+,21+/m1/s1. The Bertz CT molecular complexity index is 857. The molecule has 0 unspecified atom stereocenters. The smallest absolute Gasteiger partial charge is 0.186 e. The number of halogens is 1. The van der Waals surface area contributed by atoms with Crippen molar-refractivity contribution < 1.29 is 29.5 Å². The van der Waals surface area contributed by atoms with Gasteiger partial charge in [-0.05, 0) is 48.9 Å². The first-order valence-electron chi connectivity index (χ1n) is 9.21. The average molecular weight is 422 g/mol. The molecule has 1 aliphatic heterocycles. The van der Waals surface area contributed by atoms with Crippen LogP contribution in [0, 0.1) is 5.41 Å². The summed E-state index contributed by atoms with van der Waals surface area (Å²) in [4.78, 5) is 0.